The first-order chi connectivity index (χ1) is 14.7. The predicted molar refractivity (Wildman–Crippen MR) is 115 cm³/mol. The molecule has 2 heterocycles. The molecule has 0 amide bonds. The Morgan fingerprint density at radius 1 is 1.06 bits per heavy atom. The fraction of sp³-hybridized carbons (Fsp3) is 0.105. The van der Waals surface area contributed by atoms with Gasteiger partial charge in [0, 0.05) is 18.4 Å². The average molecular weight is 444 g/mol. The van der Waals surface area contributed by atoms with Gasteiger partial charge >= 0.3 is 5.76 Å². The number of fused-ring (bicyclic) bond motifs is 1. The molecule has 0 unspecified atom stereocenters. The van der Waals surface area contributed by atoms with Gasteiger partial charge in [0.15, 0.2) is 17.2 Å². The molecule has 0 aliphatic heterocycles. The highest BCUT2D eigenvalue weighted by Gasteiger charge is 2.11. The van der Waals surface area contributed by atoms with E-state index in [0.29, 0.717) is 28.2 Å². The van der Waals surface area contributed by atoms with E-state index in [0.717, 1.165) is 12.5 Å². The number of aryl methyl sites for hydroxylation is 1. The number of halogens is 1. The predicted octanol–water partition coefficient (Wildman–Crippen LogP) is 2.92. The van der Waals surface area contributed by atoms with Crippen molar-refractivity contribution in [3.8, 4) is 0 Å². The molecule has 0 fully saturated rings. The Balaban J connectivity index is 1.58. The highest BCUT2D eigenvalue weighted by molar-refractivity contribution is 7.92. The molecule has 2 aromatic carbocycles. The third-order valence-corrected chi connectivity index (χ3v) is 4.83. The first kappa shape index (κ1) is 20.3. The van der Waals surface area contributed by atoms with Gasteiger partial charge in [-0.3, -0.25) is 9.29 Å². The molecule has 4 aromatic rings. The van der Waals surface area contributed by atoms with E-state index in [1.807, 2.05) is 0 Å². The van der Waals surface area contributed by atoms with Crippen molar-refractivity contribution in [2.75, 3.05) is 21.6 Å². The first-order valence-electron chi connectivity index (χ1n) is 8.92. The molecule has 0 aliphatic rings. The van der Waals surface area contributed by atoms with E-state index in [4.69, 9.17) is 4.42 Å². The number of rotatable bonds is 6. The molecule has 0 saturated carbocycles. The van der Waals surface area contributed by atoms with Gasteiger partial charge in [0.25, 0.3) is 0 Å². The maximum atomic E-state index is 14.3. The fourth-order valence-electron chi connectivity index (χ4n) is 2.86. The molecule has 0 saturated heterocycles. The maximum Gasteiger partial charge on any atom is 0.419 e. The lowest BCUT2D eigenvalue weighted by Gasteiger charge is -2.11. The third kappa shape index (κ3) is 4.64. The number of nitrogens with zero attached hydrogens (tertiary/aromatic N) is 3. The van der Waals surface area contributed by atoms with Crippen molar-refractivity contribution in [2.24, 2.45) is 7.05 Å². The molecule has 4 rings (SSSR count). The zero-order chi connectivity index (χ0) is 22.2. The van der Waals surface area contributed by atoms with E-state index < -0.39 is 21.6 Å². The van der Waals surface area contributed by atoms with Crippen LogP contribution in [0.4, 0.5) is 33.2 Å². The summed E-state index contributed by atoms with van der Waals surface area (Å²) in [5.74, 6) is -1.17. The standard InChI is InChI=1S/C19H17FN6O4S/c1-26-15-9-12(6-7-16(15)30-19(26)27)22-17-14(20)10-21-18(24-17)23-11-4-3-5-13(8-11)25-31(2,28)29/h3-10,25H,1-2H3,(H2,21,22,23,24). The molecular formula is C19H17FN6O4S. The molecule has 12 heteroatoms. The molecule has 0 aliphatic carbocycles. The van der Waals surface area contributed by atoms with Crippen LogP contribution in [0.5, 0.6) is 0 Å². The average Bonchev–Trinajstić information content (AvgIpc) is 2.97. The van der Waals surface area contributed by atoms with Crippen LogP contribution in [0.25, 0.3) is 11.1 Å². The summed E-state index contributed by atoms with van der Waals surface area (Å²) < 4.78 is 45.9. The molecule has 160 valence electrons. The van der Waals surface area contributed by atoms with Crippen LogP contribution in [0, 0.1) is 5.82 Å². The van der Waals surface area contributed by atoms with Gasteiger partial charge in [0.2, 0.25) is 16.0 Å². The Kier molecular flexibility index (Phi) is 5.07. The number of hydrogen-bond acceptors (Lipinski definition) is 8. The van der Waals surface area contributed by atoms with Crippen LogP contribution in [0.2, 0.25) is 0 Å². The summed E-state index contributed by atoms with van der Waals surface area (Å²) in [5, 5.41) is 5.76. The summed E-state index contributed by atoms with van der Waals surface area (Å²) in [7, 11) is -1.86. The lowest BCUT2D eigenvalue weighted by atomic mass is 10.3. The first-order valence-corrected chi connectivity index (χ1v) is 10.8. The van der Waals surface area contributed by atoms with Crippen molar-refractivity contribution in [3.05, 3.63) is 65.0 Å². The van der Waals surface area contributed by atoms with Crippen molar-refractivity contribution in [1.82, 2.24) is 14.5 Å². The van der Waals surface area contributed by atoms with Crippen molar-refractivity contribution < 1.29 is 17.2 Å². The highest BCUT2D eigenvalue weighted by atomic mass is 32.2. The van der Waals surface area contributed by atoms with Gasteiger partial charge < -0.3 is 15.1 Å². The Morgan fingerprint density at radius 2 is 1.81 bits per heavy atom. The summed E-state index contributed by atoms with van der Waals surface area (Å²) in [5.41, 5.74) is 2.30. The van der Waals surface area contributed by atoms with Gasteiger partial charge in [-0.15, -0.1) is 0 Å². The summed E-state index contributed by atoms with van der Waals surface area (Å²) >= 11 is 0. The molecule has 0 spiro atoms. The van der Waals surface area contributed by atoms with Gasteiger partial charge in [0.05, 0.1) is 23.7 Å². The van der Waals surface area contributed by atoms with Crippen LogP contribution >= 0.6 is 0 Å². The maximum absolute atomic E-state index is 14.3. The van der Waals surface area contributed by atoms with Crippen LogP contribution < -0.4 is 21.1 Å². The van der Waals surface area contributed by atoms with E-state index in [1.165, 1.54) is 4.57 Å². The van der Waals surface area contributed by atoms with Crippen LogP contribution in [-0.2, 0) is 17.1 Å². The second-order valence-corrected chi connectivity index (χ2v) is 8.45. The second-order valence-electron chi connectivity index (χ2n) is 6.70. The number of aromatic nitrogens is 3. The molecule has 0 radical (unpaired) electrons. The van der Waals surface area contributed by atoms with E-state index in [2.05, 4.69) is 25.3 Å². The van der Waals surface area contributed by atoms with Crippen LogP contribution in [0.1, 0.15) is 0 Å². The van der Waals surface area contributed by atoms with Crippen molar-refractivity contribution in [1.29, 1.82) is 0 Å². The number of anilines is 5. The number of hydrogen-bond donors (Lipinski definition) is 3. The monoisotopic (exact) mass is 444 g/mol. The molecule has 3 N–H and O–H groups in total. The largest absolute Gasteiger partial charge is 0.419 e. The lowest BCUT2D eigenvalue weighted by molar-refractivity contribution is 0.528. The summed E-state index contributed by atoms with van der Waals surface area (Å²) in [6.45, 7) is 0. The highest BCUT2D eigenvalue weighted by Crippen LogP contribution is 2.24. The summed E-state index contributed by atoms with van der Waals surface area (Å²) in [4.78, 5) is 19.7. The Morgan fingerprint density at radius 3 is 2.58 bits per heavy atom. The summed E-state index contributed by atoms with van der Waals surface area (Å²) in [6, 6.07) is 11.3. The summed E-state index contributed by atoms with van der Waals surface area (Å²) in [6.07, 6.45) is 2.05. The quantitative estimate of drug-likeness (QED) is 0.414. The Labute approximate surface area is 175 Å². The van der Waals surface area contributed by atoms with Crippen molar-refractivity contribution in [2.45, 2.75) is 0 Å². The van der Waals surface area contributed by atoms with Crippen molar-refractivity contribution >= 4 is 50.0 Å². The molecule has 2 aromatic heterocycles. The fourth-order valence-corrected chi connectivity index (χ4v) is 3.41. The topological polar surface area (TPSA) is 131 Å². The zero-order valence-corrected chi connectivity index (χ0v) is 17.2. The van der Waals surface area contributed by atoms with E-state index in [1.54, 1.807) is 49.5 Å². The number of nitrogens with one attached hydrogen (secondary N) is 3. The van der Waals surface area contributed by atoms with Gasteiger partial charge in [-0.1, -0.05) is 6.07 Å². The van der Waals surface area contributed by atoms with E-state index in [-0.39, 0.29) is 11.8 Å². The van der Waals surface area contributed by atoms with E-state index >= 15 is 0 Å². The molecule has 0 atom stereocenters. The van der Waals surface area contributed by atoms with Gasteiger partial charge in [-0.25, -0.2) is 22.6 Å². The van der Waals surface area contributed by atoms with Gasteiger partial charge in [-0.05, 0) is 36.4 Å². The Bertz CT molecular complexity index is 1450. The van der Waals surface area contributed by atoms with Crippen LogP contribution in [0.3, 0.4) is 0 Å². The lowest BCUT2D eigenvalue weighted by Crippen LogP contribution is -2.09. The van der Waals surface area contributed by atoms with Crippen LogP contribution in [-0.4, -0.2) is 29.2 Å². The van der Waals surface area contributed by atoms with Crippen molar-refractivity contribution in [3.63, 3.8) is 0 Å². The van der Waals surface area contributed by atoms with Gasteiger partial charge in [-0.2, -0.15) is 4.98 Å². The smallest absolute Gasteiger partial charge is 0.408 e. The van der Waals surface area contributed by atoms with Crippen LogP contribution in [0.15, 0.2) is 57.9 Å². The minimum atomic E-state index is -3.43. The number of benzene rings is 2. The SMILES string of the molecule is Cn1c(=O)oc2ccc(Nc3nc(Nc4cccc(NS(C)(=O)=O)c4)ncc3F)cc21. The number of oxazole rings is 1. The third-order valence-electron chi connectivity index (χ3n) is 4.22. The Hall–Kier alpha value is -3.93. The minimum absolute atomic E-state index is 0.0873. The van der Waals surface area contributed by atoms with Gasteiger partial charge in [0.1, 0.15) is 0 Å². The van der Waals surface area contributed by atoms with E-state index in [9.17, 15) is 17.6 Å². The molecule has 31 heavy (non-hydrogen) atoms. The molecular weight excluding hydrogens is 427 g/mol. The second kappa shape index (κ2) is 7.72. The molecule has 0 bridgehead atoms. The minimum Gasteiger partial charge on any atom is -0.408 e. The molecule has 10 nitrogen and oxygen atoms in total. The zero-order valence-electron chi connectivity index (χ0n) is 16.4. The number of sulfonamides is 1. The normalized spacial score (nSPS) is 11.5.